The van der Waals surface area contributed by atoms with Crippen molar-refractivity contribution in [3.8, 4) is 0 Å². The van der Waals surface area contributed by atoms with Crippen molar-refractivity contribution in [2.24, 2.45) is 23.7 Å². The van der Waals surface area contributed by atoms with Crippen LogP contribution in [0.5, 0.6) is 0 Å². The zero-order valence-electron chi connectivity index (χ0n) is 12.0. The van der Waals surface area contributed by atoms with Crippen LogP contribution in [0.15, 0.2) is 0 Å². The van der Waals surface area contributed by atoms with E-state index in [4.69, 9.17) is 0 Å². The Hall–Kier alpha value is 0. The van der Waals surface area contributed by atoms with Gasteiger partial charge < -0.3 is 0 Å². The summed E-state index contributed by atoms with van der Waals surface area (Å²) in [7, 11) is 0. The van der Waals surface area contributed by atoms with Gasteiger partial charge in [-0.25, -0.2) is 0 Å². The molecule has 1 rings (SSSR count). The van der Waals surface area contributed by atoms with Gasteiger partial charge in [0.2, 0.25) is 0 Å². The van der Waals surface area contributed by atoms with E-state index in [1.165, 1.54) is 51.4 Å². The molecule has 96 valence electrons. The number of rotatable bonds is 9. The molecule has 0 heteroatoms. The van der Waals surface area contributed by atoms with Gasteiger partial charge in [0.05, 0.1) is 0 Å². The maximum Gasteiger partial charge on any atom is -0.0363 e. The van der Waals surface area contributed by atoms with Crippen LogP contribution < -0.4 is 0 Å². The molecule has 1 aliphatic carbocycles. The van der Waals surface area contributed by atoms with Gasteiger partial charge in [-0.1, -0.05) is 59.8 Å². The maximum absolute atomic E-state index is 2.51. The van der Waals surface area contributed by atoms with Gasteiger partial charge >= 0.3 is 0 Å². The van der Waals surface area contributed by atoms with Gasteiger partial charge in [0.15, 0.2) is 0 Å². The average molecular weight is 224 g/mol. The van der Waals surface area contributed by atoms with Crippen molar-refractivity contribution in [2.75, 3.05) is 0 Å². The lowest BCUT2D eigenvalue weighted by molar-refractivity contribution is 0.223. The first-order valence-electron chi connectivity index (χ1n) is 7.66. The van der Waals surface area contributed by atoms with Crippen LogP contribution in [-0.4, -0.2) is 0 Å². The largest absolute Gasteiger partial charge is 0.0654 e. The second kappa shape index (κ2) is 7.35. The fourth-order valence-corrected chi connectivity index (χ4v) is 3.16. The van der Waals surface area contributed by atoms with Gasteiger partial charge in [-0.05, 0) is 42.9 Å². The molecule has 0 aromatic rings. The molecule has 16 heavy (non-hydrogen) atoms. The second-order valence-electron chi connectivity index (χ2n) is 6.31. The molecule has 0 N–H and O–H groups in total. The zero-order valence-corrected chi connectivity index (χ0v) is 12.0. The van der Waals surface area contributed by atoms with Gasteiger partial charge in [-0.3, -0.25) is 0 Å². The van der Waals surface area contributed by atoms with Crippen molar-refractivity contribution in [1.82, 2.24) is 0 Å². The fourth-order valence-electron chi connectivity index (χ4n) is 3.16. The number of hydrogen-bond acceptors (Lipinski definition) is 0. The first-order valence-corrected chi connectivity index (χ1v) is 7.66. The Labute approximate surface area is 103 Å². The van der Waals surface area contributed by atoms with Crippen LogP contribution in [0.1, 0.15) is 79.1 Å². The lowest BCUT2D eigenvalue weighted by atomic mass is 9.78. The molecule has 0 heterocycles. The summed E-state index contributed by atoms with van der Waals surface area (Å²) in [5.74, 6) is 3.96. The van der Waals surface area contributed by atoms with Crippen LogP contribution in [0.3, 0.4) is 0 Å². The molecule has 0 bridgehead atoms. The Kier molecular flexibility index (Phi) is 6.46. The van der Waals surface area contributed by atoms with E-state index >= 15 is 0 Å². The molecular formula is C16H32. The maximum atomic E-state index is 2.51. The van der Waals surface area contributed by atoms with Crippen LogP contribution in [0.2, 0.25) is 0 Å². The third kappa shape index (κ3) is 4.89. The van der Waals surface area contributed by atoms with Gasteiger partial charge in [0, 0.05) is 0 Å². The molecule has 0 amide bonds. The Morgan fingerprint density at radius 2 is 1.56 bits per heavy atom. The summed E-state index contributed by atoms with van der Waals surface area (Å²) >= 11 is 0. The average Bonchev–Trinajstić information content (AvgIpc) is 3.05. The third-order valence-corrected chi connectivity index (χ3v) is 4.54. The molecule has 2 atom stereocenters. The van der Waals surface area contributed by atoms with Crippen LogP contribution in [0.25, 0.3) is 0 Å². The molecule has 1 fully saturated rings. The van der Waals surface area contributed by atoms with E-state index < -0.39 is 0 Å². The highest BCUT2D eigenvalue weighted by Gasteiger charge is 2.33. The number of hydrogen-bond donors (Lipinski definition) is 0. The van der Waals surface area contributed by atoms with Crippen LogP contribution in [-0.2, 0) is 0 Å². The molecule has 0 aromatic carbocycles. The van der Waals surface area contributed by atoms with E-state index in [1.807, 2.05) is 0 Å². The summed E-state index contributed by atoms with van der Waals surface area (Å²) in [4.78, 5) is 0. The predicted molar refractivity (Wildman–Crippen MR) is 73.6 cm³/mol. The van der Waals surface area contributed by atoms with E-state index in [0.29, 0.717) is 0 Å². The van der Waals surface area contributed by atoms with E-state index in [9.17, 15) is 0 Å². The summed E-state index contributed by atoms with van der Waals surface area (Å²) in [6.45, 7) is 9.66. The molecule has 2 unspecified atom stereocenters. The molecule has 1 aliphatic rings. The van der Waals surface area contributed by atoms with Crippen LogP contribution >= 0.6 is 0 Å². The highest BCUT2D eigenvalue weighted by Crippen LogP contribution is 2.43. The summed E-state index contributed by atoms with van der Waals surface area (Å²) in [5, 5.41) is 0. The second-order valence-corrected chi connectivity index (χ2v) is 6.31. The van der Waals surface area contributed by atoms with Crippen molar-refractivity contribution in [2.45, 2.75) is 79.1 Å². The minimum absolute atomic E-state index is 0.891. The van der Waals surface area contributed by atoms with Gasteiger partial charge in [0.1, 0.15) is 0 Å². The highest BCUT2D eigenvalue weighted by molar-refractivity contribution is 4.84. The third-order valence-electron chi connectivity index (χ3n) is 4.54. The Morgan fingerprint density at radius 3 is 2.06 bits per heavy atom. The van der Waals surface area contributed by atoms with Gasteiger partial charge in [0.25, 0.3) is 0 Å². The molecule has 0 spiro atoms. The van der Waals surface area contributed by atoms with Crippen LogP contribution in [0.4, 0.5) is 0 Å². The first kappa shape index (κ1) is 14.1. The van der Waals surface area contributed by atoms with Crippen molar-refractivity contribution in [3.05, 3.63) is 0 Å². The molecule has 0 saturated heterocycles. The topological polar surface area (TPSA) is 0 Å². The lowest BCUT2D eigenvalue weighted by Gasteiger charge is -2.27. The van der Waals surface area contributed by atoms with Crippen molar-refractivity contribution >= 4 is 0 Å². The molecule has 0 aromatic heterocycles. The predicted octanol–water partition coefficient (Wildman–Crippen LogP) is 5.67. The normalized spacial score (nSPS) is 20.1. The Balaban J connectivity index is 2.17. The lowest BCUT2D eigenvalue weighted by Crippen LogP contribution is -2.19. The molecule has 0 radical (unpaired) electrons. The standard InChI is InChI=1S/C16H32/c1-5-6-7-8-9-10-16(13(2)3)14(4)15-11-12-15/h13-16H,5-12H2,1-4H3. The van der Waals surface area contributed by atoms with Gasteiger partial charge in [-0.2, -0.15) is 0 Å². The van der Waals surface area contributed by atoms with Crippen molar-refractivity contribution in [1.29, 1.82) is 0 Å². The summed E-state index contributed by atoms with van der Waals surface area (Å²) in [6, 6.07) is 0. The monoisotopic (exact) mass is 224 g/mol. The quantitative estimate of drug-likeness (QED) is 0.443. The van der Waals surface area contributed by atoms with E-state index in [-0.39, 0.29) is 0 Å². The molecule has 0 nitrogen and oxygen atoms in total. The summed E-state index contributed by atoms with van der Waals surface area (Å²) in [6.07, 6.45) is 11.7. The summed E-state index contributed by atoms with van der Waals surface area (Å²) < 4.78 is 0. The summed E-state index contributed by atoms with van der Waals surface area (Å²) in [5.41, 5.74) is 0. The van der Waals surface area contributed by atoms with Crippen molar-refractivity contribution in [3.63, 3.8) is 0 Å². The van der Waals surface area contributed by atoms with E-state index in [1.54, 1.807) is 0 Å². The first-order chi connectivity index (χ1) is 7.66. The minimum atomic E-state index is 0.891. The minimum Gasteiger partial charge on any atom is -0.0654 e. The molecule has 1 saturated carbocycles. The molecule has 0 aliphatic heterocycles. The SMILES string of the molecule is CCCCCCCC(C(C)C)C(C)C1CC1. The Morgan fingerprint density at radius 1 is 0.938 bits per heavy atom. The van der Waals surface area contributed by atoms with Gasteiger partial charge in [-0.15, -0.1) is 0 Å². The van der Waals surface area contributed by atoms with E-state index in [2.05, 4.69) is 27.7 Å². The smallest absolute Gasteiger partial charge is 0.0363 e. The highest BCUT2D eigenvalue weighted by atomic mass is 14.4. The number of unbranched alkanes of at least 4 members (excludes halogenated alkanes) is 4. The van der Waals surface area contributed by atoms with Crippen molar-refractivity contribution < 1.29 is 0 Å². The fraction of sp³-hybridized carbons (Fsp3) is 1.00. The van der Waals surface area contributed by atoms with Crippen LogP contribution in [0, 0.1) is 23.7 Å². The molecular weight excluding hydrogens is 192 g/mol. The zero-order chi connectivity index (χ0) is 12.0. The van der Waals surface area contributed by atoms with E-state index in [0.717, 1.165) is 23.7 Å². The Bertz CT molecular complexity index is 167.